The SMILES string of the molecule is Cc1cc(Br)c(C(O)CC(C)(C)C)cc1Br. The van der Waals surface area contributed by atoms with E-state index in [0.717, 1.165) is 20.9 Å². The van der Waals surface area contributed by atoms with Gasteiger partial charge in [0.1, 0.15) is 0 Å². The quantitative estimate of drug-likeness (QED) is 0.797. The highest BCUT2D eigenvalue weighted by molar-refractivity contribution is 9.11. The highest BCUT2D eigenvalue weighted by atomic mass is 79.9. The molecule has 1 nitrogen and oxygen atoms in total. The fourth-order valence-electron chi connectivity index (χ4n) is 1.61. The van der Waals surface area contributed by atoms with E-state index >= 15 is 0 Å². The molecule has 1 unspecified atom stereocenters. The van der Waals surface area contributed by atoms with Crippen LogP contribution in [-0.2, 0) is 0 Å². The van der Waals surface area contributed by atoms with Crippen LogP contribution < -0.4 is 0 Å². The zero-order valence-electron chi connectivity index (χ0n) is 10.1. The van der Waals surface area contributed by atoms with Crippen LogP contribution in [0.3, 0.4) is 0 Å². The number of aliphatic hydroxyl groups excluding tert-OH is 1. The van der Waals surface area contributed by atoms with Crippen molar-refractivity contribution in [2.24, 2.45) is 5.41 Å². The molecule has 1 N–H and O–H groups in total. The van der Waals surface area contributed by atoms with E-state index in [0.29, 0.717) is 0 Å². The Kier molecular flexibility index (Phi) is 4.61. The van der Waals surface area contributed by atoms with Gasteiger partial charge in [-0.1, -0.05) is 52.6 Å². The standard InChI is InChI=1S/C13H18Br2O/c1-8-5-11(15)9(6-10(8)14)12(16)7-13(2,3)4/h5-6,12,16H,7H2,1-4H3. The summed E-state index contributed by atoms with van der Waals surface area (Å²) in [5.74, 6) is 0. The number of halogens is 2. The second-order valence-corrected chi connectivity index (χ2v) is 7.11. The van der Waals surface area contributed by atoms with Gasteiger partial charge in [0.2, 0.25) is 0 Å². The van der Waals surface area contributed by atoms with Crippen molar-refractivity contribution >= 4 is 31.9 Å². The average molecular weight is 350 g/mol. The van der Waals surface area contributed by atoms with Crippen molar-refractivity contribution in [1.29, 1.82) is 0 Å². The van der Waals surface area contributed by atoms with Crippen LogP contribution in [0.25, 0.3) is 0 Å². The molecule has 0 saturated carbocycles. The first-order valence-corrected chi connectivity index (χ1v) is 6.93. The Labute approximate surface area is 115 Å². The maximum Gasteiger partial charge on any atom is 0.0806 e. The van der Waals surface area contributed by atoms with Gasteiger partial charge < -0.3 is 5.11 Å². The molecule has 1 rings (SSSR count). The highest BCUT2D eigenvalue weighted by Crippen LogP contribution is 2.35. The summed E-state index contributed by atoms with van der Waals surface area (Å²) in [6.45, 7) is 8.43. The molecule has 0 amide bonds. The van der Waals surface area contributed by atoms with Gasteiger partial charge in [0.25, 0.3) is 0 Å². The molecular weight excluding hydrogens is 332 g/mol. The summed E-state index contributed by atoms with van der Waals surface area (Å²) < 4.78 is 2.02. The molecule has 1 aromatic rings. The first-order chi connectivity index (χ1) is 7.20. The number of aliphatic hydroxyl groups is 1. The third kappa shape index (κ3) is 3.86. The van der Waals surface area contributed by atoms with Crippen molar-refractivity contribution in [2.75, 3.05) is 0 Å². The molecule has 0 aliphatic rings. The number of rotatable bonds is 2. The number of hydrogen-bond acceptors (Lipinski definition) is 1. The molecule has 1 aromatic carbocycles. The van der Waals surface area contributed by atoms with Crippen molar-refractivity contribution in [2.45, 2.75) is 40.2 Å². The Morgan fingerprint density at radius 2 is 1.75 bits per heavy atom. The van der Waals surface area contributed by atoms with Crippen molar-refractivity contribution < 1.29 is 5.11 Å². The second-order valence-electron chi connectivity index (χ2n) is 5.40. The van der Waals surface area contributed by atoms with Crippen LogP contribution in [0.5, 0.6) is 0 Å². The van der Waals surface area contributed by atoms with Crippen LogP contribution >= 0.6 is 31.9 Å². The van der Waals surface area contributed by atoms with Gasteiger partial charge in [-0.25, -0.2) is 0 Å². The molecule has 0 aliphatic heterocycles. The van der Waals surface area contributed by atoms with Crippen molar-refractivity contribution in [3.63, 3.8) is 0 Å². The lowest BCUT2D eigenvalue weighted by Gasteiger charge is -2.23. The van der Waals surface area contributed by atoms with E-state index < -0.39 is 6.10 Å². The molecule has 0 bridgehead atoms. The fraction of sp³-hybridized carbons (Fsp3) is 0.538. The van der Waals surface area contributed by atoms with Crippen LogP contribution in [0.1, 0.15) is 44.4 Å². The maximum atomic E-state index is 10.2. The van der Waals surface area contributed by atoms with Crippen molar-refractivity contribution in [3.05, 3.63) is 32.2 Å². The Hall–Kier alpha value is 0.140. The smallest absolute Gasteiger partial charge is 0.0806 e. The largest absolute Gasteiger partial charge is 0.388 e. The molecule has 0 radical (unpaired) electrons. The average Bonchev–Trinajstić information content (AvgIpc) is 2.08. The Morgan fingerprint density at radius 3 is 2.25 bits per heavy atom. The Morgan fingerprint density at radius 1 is 1.19 bits per heavy atom. The summed E-state index contributed by atoms with van der Waals surface area (Å²) in [6, 6.07) is 4.03. The third-order valence-electron chi connectivity index (χ3n) is 2.44. The summed E-state index contributed by atoms with van der Waals surface area (Å²) in [5, 5.41) is 10.2. The maximum absolute atomic E-state index is 10.2. The first-order valence-electron chi connectivity index (χ1n) is 5.34. The van der Waals surface area contributed by atoms with Crippen LogP contribution in [0.2, 0.25) is 0 Å². The van der Waals surface area contributed by atoms with Crippen molar-refractivity contribution in [3.8, 4) is 0 Å². The van der Waals surface area contributed by atoms with E-state index in [9.17, 15) is 5.11 Å². The predicted molar refractivity (Wildman–Crippen MR) is 75.6 cm³/mol. The molecule has 16 heavy (non-hydrogen) atoms. The van der Waals surface area contributed by atoms with E-state index in [-0.39, 0.29) is 5.41 Å². The van der Waals surface area contributed by atoms with Gasteiger partial charge in [-0.3, -0.25) is 0 Å². The number of hydrogen-bond donors (Lipinski definition) is 1. The van der Waals surface area contributed by atoms with Gasteiger partial charge in [-0.05, 0) is 42.0 Å². The minimum atomic E-state index is -0.425. The van der Waals surface area contributed by atoms with Gasteiger partial charge in [0, 0.05) is 8.95 Å². The highest BCUT2D eigenvalue weighted by Gasteiger charge is 2.20. The van der Waals surface area contributed by atoms with E-state index in [1.165, 1.54) is 5.56 Å². The molecule has 1 atom stereocenters. The Bertz CT molecular complexity index is 380. The molecule has 0 spiro atoms. The van der Waals surface area contributed by atoms with Crippen LogP contribution in [-0.4, -0.2) is 5.11 Å². The van der Waals surface area contributed by atoms with Crippen molar-refractivity contribution in [1.82, 2.24) is 0 Å². The van der Waals surface area contributed by atoms with Gasteiger partial charge in [0.15, 0.2) is 0 Å². The summed E-state index contributed by atoms with van der Waals surface area (Å²) in [6.07, 6.45) is 0.326. The minimum absolute atomic E-state index is 0.121. The first kappa shape index (κ1) is 14.2. The van der Waals surface area contributed by atoms with E-state index in [2.05, 4.69) is 52.6 Å². The van der Waals surface area contributed by atoms with Gasteiger partial charge in [-0.15, -0.1) is 0 Å². The normalized spacial score (nSPS) is 13.9. The predicted octanol–water partition coefficient (Wildman–Crippen LogP) is 4.99. The molecule has 0 aliphatic carbocycles. The zero-order chi connectivity index (χ0) is 12.5. The summed E-state index contributed by atoms with van der Waals surface area (Å²) in [5.41, 5.74) is 2.24. The van der Waals surface area contributed by atoms with E-state index in [1.807, 2.05) is 19.1 Å². The molecule has 0 saturated heterocycles. The lowest BCUT2D eigenvalue weighted by atomic mass is 9.87. The van der Waals surface area contributed by atoms with Crippen LogP contribution in [0, 0.1) is 12.3 Å². The summed E-state index contributed by atoms with van der Waals surface area (Å²) >= 11 is 7.00. The molecule has 3 heteroatoms. The zero-order valence-corrected chi connectivity index (χ0v) is 13.3. The molecule has 0 fully saturated rings. The van der Waals surface area contributed by atoms with Gasteiger partial charge in [-0.2, -0.15) is 0 Å². The second kappa shape index (κ2) is 5.19. The van der Waals surface area contributed by atoms with E-state index in [4.69, 9.17) is 0 Å². The molecule has 90 valence electrons. The lowest BCUT2D eigenvalue weighted by Crippen LogP contribution is -2.12. The fourth-order valence-corrected chi connectivity index (χ4v) is 2.69. The van der Waals surface area contributed by atoms with Gasteiger partial charge >= 0.3 is 0 Å². The molecule has 0 heterocycles. The lowest BCUT2D eigenvalue weighted by molar-refractivity contribution is 0.121. The topological polar surface area (TPSA) is 20.2 Å². The van der Waals surface area contributed by atoms with Crippen LogP contribution in [0.15, 0.2) is 21.1 Å². The monoisotopic (exact) mass is 348 g/mol. The number of benzene rings is 1. The summed E-state index contributed by atoms with van der Waals surface area (Å²) in [7, 11) is 0. The van der Waals surface area contributed by atoms with Gasteiger partial charge in [0.05, 0.1) is 6.10 Å². The minimum Gasteiger partial charge on any atom is -0.388 e. The Balaban J connectivity index is 3.00. The van der Waals surface area contributed by atoms with Crippen LogP contribution in [0.4, 0.5) is 0 Å². The molecular formula is C13H18Br2O. The summed E-state index contributed by atoms with van der Waals surface area (Å²) in [4.78, 5) is 0. The molecule has 0 aromatic heterocycles. The van der Waals surface area contributed by atoms with E-state index in [1.54, 1.807) is 0 Å². The number of aryl methyl sites for hydroxylation is 1. The third-order valence-corrected chi connectivity index (χ3v) is 3.98.